The van der Waals surface area contributed by atoms with E-state index in [-0.39, 0.29) is 23.4 Å². The third-order valence-corrected chi connectivity index (χ3v) is 6.60. The van der Waals surface area contributed by atoms with Crippen molar-refractivity contribution in [3.05, 3.63) is 29.8 Å². The van der Waals surface area contributed by atoms with E-state index in [2.05, 4.69) is 36.7 Å². The van der Waals surface area contributed by atoms with Gasteiger partial charge in [0.1, 0.15) is 0 Å². The first-order chi connectivity index (χ1) is 14.2. The summed E-state index contributed by atoms with van der Waals surface area (Å²) in [6.07, 6.45) is 8.12. The second-order valence-corrected chi connectivity index (χ2v) is 9.84. The number of carbonyl (C=O) groups excluding carboxylic acids is 3. The van der Waals surface area contributed by atoms with E-state index in [4.69, 9.17) is 0 Å². The molecule has 30 heavy (non-hydrogen) atoms. The van der Waals surface area contributed by atoms with Gasteiger partial charge >= 0.3 is 11.8 Å². The van der Waals surface area contributed by atoms with Gasteiger partial charge in [-0.25, -0.2) is 0 Å². The number of nitrogens with one attached hydrogen (secondary N) is 3. The van der Waals surface area contributed by atoms with Crippen LogP contribution < -0.4 is 16.0 Å². The Labute approximate surface area is 179 Å². The summed E-state index contributed by atoms with van der Waals surface area (Å²) in [5.74, 6) is -0.933. The summed E-state index contributed by atoms with van der Waals surface area (Å²) in [6.45, 7) is 6.76. The van der Waals surface area contributed by atoms with E-state index >= 15 is 0 Å². The Hall–Kier alpha value is -2.37. The predicted octanol–water partition coefficient (Wildman–Crippen LogP) is 4.02. The number of hydrogen-bond acceptors (Lipinski definition) is 3. The maximum atomic E-state index is 12.6. The largest absolute Gasteiger partial charge is 0.349 e. The fraction of sp³-hybridized carbons (Fsp3) is 0.625. The maximum Gasteiger partial charge on any atom is 0.313 e. The van der Waals surface area contributed by atoms with Crippen LogP contribution in [0, 0.1) is 11.3 Å². The van der Waals surface area contributed by atoms with E-state index in [0.29, 0.717) is 17.2 Å². The molecule has 3 N–H and O–H groups in total. The molecule has 0 radical (unpaired) electrons. The van der Waals surface area contributed by atoms with Crippen molar-refractivity contribution in [2.24, 2.45) is 11.3 Å². The first kappa shape index (κ1) is 22.3. The van der Waals surface area contributed by atoms with Crippen LogP contribution in [-0.4, -0.2) is 29.8 Å². The van der Waals surface area contributed by atoms with Crippen molar-refractivity contribution < 1.29 is 14.4 Å². The van der Waals surface area contributed by atoms with E-state index in [0.717, 1.165) is 51.4 Å². The molecule has 2 aliphatic rings. The average molecular weight is 414 g/mol. The van der Waals surface area contributed by atoms with Crippen molar-refractivity contribution in [1.29, 1.82) is 0 Å². The molecule has 6 nitrogen and oxygen atoms in total. The standard InChI is InChI=1S/C24H35N3O3/c1-24(2,3)16-12-14-18(15-13-16)26-22(29)23(30)27-20-11-7-6-10-19(20)21(28)25-17-8-4-5-9-17/h6-7,10-11,16-18H,4-5,8-9,12-15H2,1-3H3,(H,25,28)(H,26,29)(H,27,30). The smallest absolute Gasteiger partial charge is 0.313 e. The highest BCUT2D eigenvalue weighted by Crippen LogP contribution is 2.37. The van der Waals surface area contributed by atoms with Crippen LogP contribution in [-0.2, 0) is 9.59 Å². The minimum Gasteiger partial charge on any atom is -0.349 e. The number of hydrogen-bond donors (Lipinski definition) is 3. The van der Waals surface area contributed by atoms with E-state index in [9.17, 15) is 14.4 Å². The van der Waals surface area contributed by atoms with Crippen molar-refractivity contribution >= 4 is 23.4 Å². The fourth-order valence-electron chi connectivity index (χ4n) is 4.66. The minimum absolute atomic E-state index is 0.0303. The maximum absolute atomic E-state index is 12.6. The summed E-state index contributed by atoms with van der Waals surface area (Å²) in [5.41, 5.74) is 1.02. The number of anilines is 1. The summed E-state index contributed by atoms with van der Waals surface area (Å²) in [6, 6.07) is 7.05. The molecule has 0 aromatic heterocycles. The van der Waals surface area contributed by atoms with Gasteiger partial charge < -0.3 is 16.0 Å². The van der Waals surface area contributed by atoms with E-state index in [1.54, 1.807) is 24.3 Å². The molecular weight excluding hydrogens is 378 g/mol. The van der Waals surface area contributed by atoms with Gasteiger partial charge in [0.2, 0.25) is 0 Å². The molecule has 1 aromatic carbocycles. The molecule has 164 valence electrons. The fourth-order valence-corrected chi connectivity index (χ4v) is 4.66. The Morgan fingerprint density at radius 1 is 0.800 bits per heavy atom. The Morgan fingerprint density at radius 2 is 1.40 bits per heavy atom. The molecule has 0 saturated heterocycles. The zero-order valence-corrected chi connectivity index (χ0v) is 18.4. The van der Waals surface area contributed by atoms with Gasteiger partial charge in [-0.2, -0.15) is 0 Å². The summed E-state index contributed by atoms with van der Waals surface area (Å²) in [4.78, 5) is 37.5. The third-order valence-electron chi connectivity index (χ3n) is 6.60. The van der Waals surface area contributed by atoms with Crippen LogP contribution in [0.5, 0.6) is 0 Å². The molecule has 0 aliphatic heterocycles. The van der Waals surface area contributed by atoms with E-state index in [1.807, 2.05) is 0 Å². The molecule has 2 fully saturated rings. The number of para-hydroxylation sites is 1. The average Bonchev–Trinajstić information content (AvgIpc) is 3.21. The van der Waals surface area contributed by atoms with Crippen molar-refractivity contribution in [2.75, 3.05) is 5.32 Å². The molecule has 3 rings (SSSR count). The number of benzene rings is 1. The van der Waals surface area contributed by atoms with Crippen molar-refractivity contribution in [3.63, 3.8) is 0 Å². The molecule has 1 aromatic rings. The van der Waals surface area contributed by atoms with Gasteiger partial charge in [0.05, 0.1) is 11.3 Å². The minimum atomic E-state index is -0.728. The summed E-state index contributed by atoms with van der Waals surface area (Å²) in [7, 11) is 0. The highest BCUT2D eigenvalue weighted by atomic mass is 16.2. The number of rotatable bonds is 4. The zero-order valence-electron chi connectivity index (χ0n) is 18.4. The highest BCUT2D eigenvalue weighted by molar-refractivity contribution is 6.40. The van der Waals surface area contributed by atoms with E-state index < -0.39 is 11.8 Å². The van der Waals surface area contributed by atoms with Gasteiger partial charge in [-0.3, -0.25) is 14.4 Å². The third kappa shape index (κ3) is 5.83. The van der Waals surface area contributed by atoms with Gasteiger partial charge in [0, 0.05) is 12.1 Å². The van der Waals surface area contributed by atoms with Crippen molar-refractivity contribution in [3.8, 4) is 0 Å². The lowest BCUT2D eigenvalue weighted by atomic mass is 9.71. The van der Waals surface area contributed by atoms with Crippen LogP contribution in [0.4, 0.5) is 5.69 Å². The van der Waals surface area contributed by atoms with Crippen LogP contribution in [0.2, 0.25) is 0 Å². The molecule has 0 atom stereocenters. The molecular formula is C24H35N3O3. The molecule has 0 spiro atoms. The topological polar surface area (TPSA) is 87.3 Å². The van der Waals surface area contributed by atoms with Gasteiger partial charge in [-0.1, -0.05) is 45.7 Å². The van der Waals surface area contributed by atoms with Crippen LogP contribution in [0.25, 0.3) is 0 Å². The monoisotopic (exact) mass is 413 g/mol. The number of amides is 3. The Kier molecular flexibility index (Phi) is 7.16. The number of carbonyl (C=O) groups is 3. The van der Waals surface area contributed by atoms with Crippen molar-refractivity contribution in [2.45, 2.75) is 84.2 Å². The normalized spacial score (nSPS) is 22.4. The summed E-state index contributed by atoms with van der Waals surface area (Å²) >= 11 is 0. The molecule has 6 heteroatoms. The molecule has 0 unspecified atom stereocenters. The first-order valence-electron chi connectivity index (χ1n) is 11.3. The lowest BCUT2D eigenvalue weighted by Crippen LogP contribution is -2.44. The summed E-state index contributed by atoms with van der Waals surface area (Å²) in [5, 5.41) is 8.52. The van der Waals surface area contributed by atoms with Crippen LogP contribution in [0.1, 0.15) is 82.5 Å². The van der Waals surface area contributed by atoms with Gasteiger partial charge in [0.15, 0.2) is 0 Å². The van der Waals surface area contributed by atoms with Crippen LogP contribution in [0.3, 0.4) is 0 Å². The Balaban J connectivity index is 1.54. The SMILES string of the molecule is CC(C)(C)C1CCC(NC(=O)C(=O)Nc2ccccc2C(=O)NC2CCCC2)CC1. The van der Waals surface area contributed by atoms with E-state index in [1.165, 1.54) is 0 Å². The zero-order chi connectivity index (χ0) is 21.7. The van der Waals surface area contributed by atoms with Gasteiger partial charge in [-0.15, -0.1) is 0 Å². The second-order valence-electron chi connectivity index (χ2n) is 9.84. The van der Waals surface area contributed by atoms with Crippen LogP contribution >= 0.6 is 0 Å². The predicted molar refractivity (Wildman–Crippen MR) is 118 cm³/mol. The molecule has 0 bridgehead atoms. The van der Waals surface area contributed by atoms with Gasteiger partial charge in [-0.05, 0) is 62.0 Å². The summed E-state index contributed by atoms with van der Waals surface area (Å²) < 4.78 is 0. The molecule has 2 aliphatic carbocycles. The Bertz CT molecular complexity index is 770. The first-order valence-corrected chi connectivity index (χ1v) is 11.3. The quantitative estimate of drug-likeness (QED) is 0.652. The molecule has 0 heterocycles. The second kappa shape index (κ2) is 9.63. The van der Waals surface area contributed by atoms with Gasteiger partial charge in [0.25, 0.3) is 5.91 Å². The highest BCUT2D eigenvalue weighted by Gasteiger charge is 2.31. The lowest BCUT2D eigenvalue weighted by molar-refractivity contribution is -0.136. The van der Waals surface area contributed by atoms with Crippen molar-refractivity contribution in [1.82, 2.24) is 10.6 Å². The lowest BCUT2D eigenvalue weighted by Gasteiger charge is -2.37. The molecule has 3 amide bonds. The van der Waals surface area contributed by atoms with Crippen LogP contribution in [0.15, 0.2) is 24.3 Å². The molecule has 2 saturated carbocycles. The Morgan fingerprint density at radius 3 is 2.03 bits per heavy atom.